The summed E-state index contributed by atoms with van der Waals surface area (Å²) in [5, 5.41) is 7.81. The standard InChI is InChI=1S/C16H20N8/c1-11-8-12(10-20-15(11)23-5-2-18-3-6-23)9-13-21-14(17)16-19-4-7-24(16)22-13/h4,7-8,10,18H,2-3,5-6,9H2,1H3,(H2,17,21,22). The number of aryl methyl sites for hydroxylation is 1. The Morgan fingerprint density at radius 3 is 2.88 bits per heavy atom. The van der Waals surface area contributed by atoms with Crippen LogP contribution < -0.4 is 16.0 Å². The van der Waals surface area contributed by atoms with E-state index in [0.717, 1.165) is 37.6 Å². The van der Waals surface area contributed by atoms with E-state index in [1.54, 1.807) is 16.9 Å². The normalized spacial score (nSPS) is 15.1. The van der Waals surface area contributed by atoms with Gasteiger partial charge in [-0.3, -0.25) is 0 Å². The topological polar surface area (TPSA) is 97.3 Å². The zero-order valence-corrected chi connectivity index (χ0v) is 13.6. The molecule has 3 aromatic rings. The van der Waals surface area contributed by atoms with E-state index >= 15 is 0 Å². The molecule has 8 nitrogen and oxygen atoms in total. The number of anilines is 2. The third kappa shape index (κ3) is 2.76. The summed E-state index contributed by atoms with van der Waals surface area (Å²) in [5.41, 5.74) is 8.78. The van der Waals surface area contributed by atoms with Gasteiger partial charge in [-0.2, -0.15) is 5.10 Å². The molecule has 8 heteroatoms. The quantitative estimate of drug-likeness (QED) is 0.720. The highest BCUT2D eigenvalue weighted by Gasteiger charge is 2.15. The van der Waals surface area contributed by atoms with Gasteiger partial charge in [0.1, 0.15) is 5.82 Å². The summed E-state index contributed by atoms with van der Waals surface area (Å²) < 4.78 is 1.66. The summed E-state index contributed by atoms with van der Waals surface area (Å²) in [4.78, 5) is 15.5. The number of hydrogen-bond acceptors (Lipinski definition) is 7. The SMILES string of the molecule is Cc1cc(Cc2nc(N)c3nccn3n2)cnc1N1CCNCC1. The fraction of sp³-hybridized carbons (Fsp3) is 0.375. The summed E-state index contributed by atoms with van der Waals surface area (Å²) in [6.07, 6.45) is 5.93. The highest BCUT2D eigenvalue weighted by Crippen LogP contribution is 2.19. The van der Waals surface area contributed by atoms with Gasteiger partial charge in [-0.25, -0.2) is 19.5 Å². The maximum absolute atomic E-state index is 5.94. The lowest BCUT2D eigenvalue weighted by molar-refractivity contribution is 0.584. The van der Waals surface area contributed by atoms with Crippen molar-refractivity contribution in [3.63, 3.8) is 0 Å². The van der Waals surface area contributed by atoms with Gasteiger partial charge in [0.05, 0.1) is 0 Å². The van der Waals surface area contributed by atoms with Gasteiger partial charge >= 0.3 is 0 Å². The molecule has 1 aliphatic heterocycles. The molecule has 4 rings (SSSR count). The Bertz CT molecular complexity index is 866. The van der Waals surface area contributed by atoms with Crippen molar-refractivity contribution >= 4 is 17.3 Å². The van der Waals surface area contributed by atoms with Crippen molar-refractivity contribution in [3.05, 3.63) is 41.6 Å². The number of rotatable bonds is 3. The van der Waals surface area contributed by atoms with Gasteiger partial charge in [0.25, 0.3) is 0 Å². The van der Waals surface area contributed by atoms with Crippen LogP contribution in [0, 0.1) is 6.92 Å². The van der Waals surface area contributed by atoms with Gasteiger partial charge in [0.2, 0.25) is 0 Å². The molecule has 0 bridgehead atoms. The number of aromatic nitrogens is 5. The zero-order chi connectivity index (χ0) is 16.5. The van der Waals surface area contributed by atoms with Crippen molar-refractivity contribution < 1.29 is 0 Å². The lowest BCUT2D eigenvalue weighted by Crippen LogP contribution is -2.44. The summed E-state index contributed by atoms with van der Waals surface area (Å²) in [5.74, 6) is 2.12. The molecule has 1 aliphatic rings. The van der Waals surface area contributed by atoms with E-state index in [9.17, 15) is 0 Å². The molecule has 0 aliphatic carbocycles. The van der Waals surface area contributed by atoms with Crippen molar-refractivity contribution in [1.82, 2.24) is 29.9 Å². The third-order valence-electron chi connectivity index (χ3n) is 4.21. The Balaban J connectivity index is 1.58. The molecule has 0 amide bonds. The predicted molar refractivity (Wildman–Crippen MR) is 92.1 cm³/mol. The van der Waals surface area contributed by atoms with Crippen LogP contribution >= 0.6 is 0 Å². The molecular weight excluding hydrogens is 304 g/mol. The minimum atomic E-state index is 0.395. The van der Waals surface area contributed by atoms with E-state index in [2.05, 4.69) is 43.3 Å². The summed E-state index contributed by atoms with van der Waals surface area (Å²) in [6.45, 7) is 6.08. The minimum absolute atomic E-state index is 0.395. The second-order valence-corrected chi connectivity index (χ2v) is 6.01. The average molecular weight is 324 g/mol. The number of nitrogens with zero attached hydrogens (tertiary/aromatic N) is 6. The van der Waals surface area contributed by atoms with Crippen LogP contribution in [-0.2, 0) is 6.42 Å². The molecular formula is C16H20N8. The Morgan fingerprint density at radius 2 is 2.08 bits per heavy atom. The minimum Gasteiger partial charge on any atom is -0.380 e. The molecule has 3 aromatic heterocycles. The van der Waals surface area contributed by atoms with E-state index in [4.69, 9.17) is 5.73 Å². The number of piperazine rings is 1. The van der Waals surface area contributed by atoms with Crippen LogP contribution in [0.5, 0.6) is 0 Å². The number of fused-ring (bicyclic) bond motifs is 1. The van der Waals surface area contributed by atoms with Gasteiger partial charge in [-0.15, -0.1) is 0 Å². The molecule has 0 radical (unpaired) electrons. The first-order valence-corrected chi connectivity index (χ1v) is 8.07. The van der Waals surface area contributed by atoms with Crippen molar-refractivity contribution in [2.75, 3.05) is 36.8 Å². The molecule has 24 heavy (non-hydrogen) atoms. The summed E-state index contributed by atoms with van der Waals surface area (Å²) in [7, 11) is 0. The van der Waals surface area contributed by atoms with E-state index < -0.39 is 0 Å². The first kappa shape index (κ1) is 14.8. The van der Waals surface area contributed by atoms with E-state index in [1.165, 1.54) is 5.56 Å². The Labute approximate surface area is 139 Å². The molecule has 0 unspecified atom stereocenters. The molecule has 4 heterocycles. The molecule has 1 fully saturated rings. The number of nitrogens with one attached hydrogen (secondary N) is 1. The van der Waals surface area contributed by atoms with Crippen molar-refractivity contribution in [3.8, 4) is 0 Å². The van der Waals surface area contributed by atoms with Crippen molar-refractivity contribution in [2.24, 2.45) is 0 Å². The maximum Gasteiger partial charge on any atom is 0.196 e. The number of imidazole rings is 1. The van der Waals surface area contributed by atoms with Gasteiger partial charge in [0.15, 0.2) is 17.3 Å². The Kier molecular flexibility index (Phi) is 3.73. The van der Waals surface area contributed by atoms with Crippen LogP contribution in [-0.4, -0.2) is 50.7 Å². The largest absolute Gasteiger partial charge is 0.380 e. The monoisotopic (exact) mass is 324 g/mol. The summed E-state index contributed by atoms with van der Waals surface area (Å²) >= 11 is 0. The van der Waals surface area contributed by atoms with Crippen LogP contribution in [0.3, 0.4) is 0 Å². The van der Waals surface area contributed by atoms with Crippen molar-refractivity contribution in [2.45, 2.75) is 13.3 Å². The van der Waals surface area contributed by atoms with Gasteiger partial charge in [0, 0.05) is 51.2 Å². The Hall–Kier alpha value is -2.74. The molecule has 124 valence electrons. The molecule has 0 atom stereocenters. The van der Waals surface area contributed by atoms with Crippen LogP contribution in [0.1, 0.15) is 17.0 Å². The summed E-state index contributed by atoms with van der Waals surface area (Å²) in [6, 6.07) is 2.15. The second-order valence-electron chi connectivity index (χ2n) is 6.01. The average Bonchev–Trinajstić information content (AvgIpc) is 3.05. The first-order chi connectivity index (χ1) is 11.7. The van der Waals surface area contributed by atoms with Gasteiger partial charge < -0.3 is 16.0 Å². The second kappa shape index (κ2) is 6.04. The zero-order valence-electron chi connectivity index (χ0n) is 13.6. The molecule has 0 aromatic carbocycles. The number of hydrogen-bond donors (Lipinski definition) is 2. The van der Waals surface area contributed by atoms with E-state index in [-0.39, 0.29) is 0 Å². The predicted octanol–water partition coefficient (Wildman–Crippen LogP) is 0.410. The molecule has 0 saturated carbocycles. The lowest BCUT2D eigenvalue weighted by Gasteiger charge is -2.29. The smallest absolute Gasteiger partial charge is 0.196 e. The highest BCUT2D eigenvalue weighted by atomic mass is 15.3. The lowest BCUT2D eigenvalue weighted by atomic mass is 10.1. The third-order valence-corrected chi connectivity index (χ3v) is 4.21. The van der Waals surface area contributed by atoms with Crippen LogP contribution in [0.15, 0.2) is 24.7 Å². The highest BCUT2D eigenvalue weighted by molar-refractivity contribution is 5.58. The number of pyridine rings is 1. The first-order valence-electron chi connectivity index (χ1n) is 8.07. The number of nitrogens with two attached hydrogens (primary N) is 1. The Morgan fingerprint density at radius 1 is 1.25 bits per heavy atom. The van der Waals surface area contributed by atoms with Crippen molar-refractivity contribution in [1.29, 1.82) is 0 Å². The fourth-order valence-electron chi connectivity index (χ4n) is 3.08. The van der Waals surface area contributed by atoms with E-state index in [1.807, 2.05) is 6.20 Å². The maximum atomic E-state index is 5.94. The number of nitrogen functional groups attached to an aromatic ring is 1. The molecule has 3 N–H and O–H groups in total. The molecule has 0 spiro atoms. The van der Waals surface area contributed by atoms with Crippen LogP contribution in [0.25, 0.3) is 5.65 Å². The molecule has 1 saturated heterocycles. The van der Waals surface area contributed by atoms with Crippen LogP contribution in [0.2, 0.25) is 0 Å². The van der Waals surface area contributed by atoms with Gasteiger partial charge in [-0.1, -0.05) is 6.07 Å². The van der Waals surface area contributed by atoms with Gasteiger partial charge in [-0.05, 0) is 18.1 Å². The van der Waals surface area contributed by atoms with E-state index in [0.29, 0.717) is 23.7 Å². The van der Waals surface area contributed by atoms with Crippen LogP contribution in [0.4, 0.5) is 11.6 Å². The fourth-order valence-corrected chi connectivity index (χ4v) is 3.08.